The smallest absolute Gasteiger partial charge is 0.164 e. The number of aromatic nitrogens is 1. The van der Waals surface area contributed by atoms with Gasteiger partial charge in [0.15, 0.2) is 11.5 Å². The van der Waals surface area contributed by atoms with E-state index in [2.05, 4.69) is 16.4 Å². The number of nitrogens with zero attached hydrogens (tertiary/aromatic N) is 2. The Morgan fingerprint density at radius 3 is 2.27 bits per heavy atom. The molecule has 0 aliphatic rings. The lowest BCUT2D eigenvalue weighted by Crippen LogP contribution is -2.23. The molecule has 0 fully saturated rings. The standard InChI is InChI=1S/C22H21Cl2N3O3/c1-22(2,3)30-20-8-16-13(6-19(20)29-5)21(12(10-25)11-26-16)27-17-9-18(28-4)15(24)7-14(17)23/h6-9,11H,1-5H3,(H,26,27). The molecule has 3 aromatic rings. The number of hydrogen-bond donors (Lipinski definition) is 1. The minimum absolute atomic E-state index is 0.346. The van der Waals surface area contributed by atoms with Gasteiger partial charge in [-0.05, 0) is 32.9 Å². The highest BCUT2D eigenvalue weighted by Gasteiger charge is 2.19. The molecule has 2 aromatic carbocycles. The summed E-state index contributed by atoms with van der Waals surface area (Å²) in [6, 6.07) is 8.99. The molecule has 6 nitrogen and oxygen atoms in total. The maximum absolute atomic E-state index is 9.64. The Morgan fingerprint density at radius 2 is 1.67 bits per heavy atom. The predicted octanol–water partition coefficient (Wildman–Crippen LogP) is 6.35. The summed E-state index contributed by atoms with van der Waals surface area (Å²) in [5, 5.41) is 14.3. The fourth-order valence-corrected chi connectivity index (χ4v) is 3.41. The van der Waals surface area contributed by atoms with Crippen LogP contribution in [0.4, 0.5) is 11.4 Å². The summed E-state index contributed by atoms with van der Waals surface area (Å²) in [5.74, 6) is 1.54. The molecule has 0 bridgehead atoms. The summed E-state index contributed by atoms with van der Waals surface area (Å²) in [7, 11) is 3.08. The first-order chi connectivity index (χ1) is 14.2. The molecule has 0 saturated heterocycles. The van der Waals surface area contributed by atoms with Crippen LogP contribution in [-0.2, 0) is 0 Å². The Bertz CT molecular complexity index is 1150. The molecule has 156 valence electrons. The van der Waals surface area contributed by atoms with Crippen LogP contribution in [0.15, 0.2) is 30.5 Å². The largest absolute Gasteiger partial charge is 0.495 e. The Hall–Kier alpha value is -2.88. The van der Waals surface area contributed by atoms with Gasteiger partial charge in [-0.25, -0.2) is 0 Å². The highest BCUT2D eigenvalue weighted by Crippen LogP contribution is 2.41. The second-order valence-corrected chi connectivity index (χ2v) is 8.30. The van der Waals surface area contributed by atoms with Crippen molar-refractivity contribution >= 4 is 45.5 Å². The number of nitrogens with one attached hydrogen (secondary N) is 1. The van der Waals surface area contributed by atoms with Crippen LogP contribution in [0.5, 0.6) is 17.2 Å². The summed E-state index contributed by atoms with van der Waals surface area (Å²) >= 11 is 12.5. The average Bonchev–Trinajstić information content (AvgIpc) is 2.68. The summed E-state index contributed by atoms with van der Waals surface area (Å²) in [4.78, 5) is 4.41. The van der Waals surface area contributed by atoms with Gasteiger partial charge in [0.25, 0.3) is 0 Å². The van der Waals surface area contributed by atoms with E-state index < -0.39 is 5.60 Å². The third-order valence-electron chi connectivity index (χ3n) is 4.19. The lowest BCUT2D eigenvalue weighted by Gasteiger charge is -2.23. The Morgan fingerprint density at radius 1 is 0.967 bits per heavy atom. The predicted molar refractivity (Wildman–Crippen MR) is 120 cm³/mol. The van der Waals surface area contributed by atoms with Crippen molar-refractivity contribution in [2.75, 3.05) is 19.5 Å². The molecular weight excluding hydrogens is 425 g/mol. The second kappa shape index (κ2) is 8.47. The molecule has 1 N–H and O–H groups in total. The van der Waals surface area contributed by atoms with Crippen LogP contribution < -0.4 is 19.5 Å². The number of benzene rings is 2. The molecular formula is C22H21Cl2N3O3. The first-order valence-electron chi connectivity index (χ1n) is 9.06. The number of pyridine rings is 1. The van der Waals surface area contributed by atoms with Gasteiger partial charge in [0.2, 0.25) is 0 Å². The van der Waals surface area contributed by atoms with Gasteiger partial charge in [-0.15, -0.1) is 0 Å². The van der Waals surface area contributed by atoms with Crippen molar-refractivity contribution in [3.8, 4) is 23.3 Å². The van der Waals surface area contributed by atoms with Crippen LogP contribution >= 0.6 is 23.2 Å². The molecule has 0 saturated carbocycles. The van der Waals surface area contributed by atoms with Crippen LogP contribution in [0.2, 0.25) is 10.0 Å². The zero-order valence-electron chi connectivity index (χ0n) is 17.3. The minimum atomic E-state index is -0.415. The van der Waals surface area contributed by atoms with E-state index in [1.165, 1.54) is 13.3 Å². The highest BCUT2D eigenvalue weighted by atomic mass is 35.5. The monoisotopic (exact) mass is 445 g/mol. The normalized spacial score (nSPS) is 11.1. The molecule has 1 heterocycles. The lowest BCUT2D eigenvalue weighted by molar-refractivity contribution is 0.126. The third kappa shape index (κ3) is 4.48. The number of hydrogen-bond acceptors (Lipinski definition) is 6. The molecule has 0 aliphatic heterocycles. The van der Waals surface area contributed by atoms with Crippen molar-refractivity contribution in [2.45, 2.75) is 26.4 Å². The summed E-state index contributed by atoms with van der Waals surface area (Å²) in [6.45, 7) is 5.85. The van der Waals surface area contributed by atoms with Crippen LogP contribution in [0.3, 0.4) is 0 Å². The minimum Gasteiger partial charge on any atom is -0.495 e. The van der Waals surface area contributed by atoms with Gasteiger partial charge in [-0.2, -0.15) is 5.26 Å². The van der Waals surface area contributed by atoms with Crippen molar-refractivity contribution in [1.29, 1.82) is 5.26 Å². The van der Waals surface area contributed by atoms with E-state index in [1.807, 2.05) is 20.8 Å². The number of anilines is 2. The molecule has 0 atom stereocenters. The van der Waals surface area contributed by atoms with Crippen molar-refractivity contribution in [2.24, 2.45) is 0 Å². The summed E-state index contributed by atoms with van der Waals surface area (Å²) < 4.78 is 16.8. The number of fused-ring (bicyclic) bond motifs is 1. The van der Waals surface area contributed by atoms with Crippen LogP contribution in [0.25, 0.3) is 10.9 Å². The fraction of sp³-hybridized carbons (Fsp3) is 0.273. The molecule has 0 unspecified atom stereocenters. The topological polar surface area (TPSA) is 76.4 Å². The first kappa shape index (κ1) is 21.8. The van der Waals surface area contributed by atoms with Gasteiger partial charge in [0, 0.05) is 23.7 Å². The summed E-state index contributed by atoms with van der Waals surface area (Å²) in [5.41, 5.74) is 1.64. The molecule has 8 heteroatoms. The van der Waals surface area contributed by atoms with E-state index in [1.54, 1.807) is 31.4 Å². The first-order valence-corrected chi connectivity index (χ1v) is 9.82. The number of methoxy groups -OCH3 is 2. The Balaban J connectivity index is 2.20. The number of ether oxygens (including phenoxy) is 3. The molecule has 0 spiro atoms. The van der Waals surface area contributed by atoms with E-state index >= 15 is 0 Å². The molecule has 30 heavy (non-hydrogen) atoms. The number of nitriles is 1. The Labute approximate surface area is 185 Å². The molecule has 1 aromatic heterocycles. The van der Waals surface area contributed by atoms with Gasteiger partial charge in [0.05, 0.1) is 46.7 Å². The van der Waals surface area contributed by atoms with Crippen molar-refractivity contribution in [3.05, 3.63) is 46.1 Å². The van der Waals surface area contributed by atoms with Gasteiger partial charge in [-0.1, -0.05) is 23.2 Å². The van der Waals surface area contributed by atoms with E-state index in [9.17, 15) is 5.26 Å². The molecule has 3 rings (SSSR count). The maximum Gasteiger partial charge on any atom is 0.164 e. The van der Waals surface area contributed by atoms with Crippen LogP contribution in [-0.4, -0.2) is 24.8 Å². The van der Waals surface area contributed by atoms with Gasteiger partial charge in [0.1, 0.15) is 17.4 Å². The number of rotatable bonds is 5. The second-order valence-electron chi connectivity index (χ2n) is 7.48. The zero-order valence-corrected chi connectivity index (χ0v) is 18.8. The Kier molecular flexibility index (Phi) is 6.16. The zero-order chi connectivity index (χ0) is 22.1. The van der Waals surface area contributed by atoms with Crippen molar-refractivity contribution in [1.82, 2.24) is 4.98 Å². The van der Waals surface area contributed by atoms with Gasteiger partial charge < -0.3 is 19.5 Å². The van der Waals surface area contributed by atoms with E-state index in [0.29, 0.717) is 55.1 Å². The van der Waals surface area contributed by atoms with E-state index in [4.69, 9.17) is 37.4 Å². The van der Waals surface area contributed by atoms with Gasteiger partial charge >= 0.3 is 0 Å². The third-order valence-corrected chi connectivity index (χ3v) is 4.80. The molecule has 0 aliphatic carbocycles. The van der Waals surface area contributed by atoms with Crippen molar-refractivity contribution in [3.63, 3.8) is 0 Å². The quantitative estimate of drug-likeness (QED) is 0.492. The average molecular weight is 446 g/mol. The van der Waals surface area contributed by atoms with E-state index in [0.717, 1.165) is 0 Å². The number of halogens is 2. The van der Waals surface area contributed by atoms with Crippen LogP contribution in [0, 0.1) is 11.3 Å². The lowest BCUT2D eigenvalue weighted by atomic mass is 10.1. The summed E-state index contributed by atoms with van der Waals surface area (Å²) in [6.07, 6.45) is 1.50. The SMILES string of the molecule is COc1cc(Nc2c(C#N)cnc3cc(OC(C)(C)C)c(OC)cc23)c(Cl)cc1Cl. The molecule has 0 amide bonds. The highest BCUT2D eigenvalue weighted by molar-refractivity contribution is 6.37. The maximum atomic E-state index is 9.64. The van der Waals surface area contributed by atoms with Crippen molar-refractivity contribution < 1.29 is 14.2 Å². The molecule has 0 radical (unpaired) electrons. The van der Waals surface area contributed by atoms with Crippen LogP contribution in [0.1, 0.15) is 26.3 Å². The fourth-order valence-electron chi connectivity index (χ4n) is 2.90. The van der Waals surface area contributed by atoms with E-state index in [-0.39, 0.29) is 0 Å². The van der Waals surface area contributed by atoms with Gasteiger partial charge in [-0.3, -0.25) is 4.98 Å².